The third-order valence-corrected chi connectivity index (χ3v) is 6.04. The summed E-state index contributed by atoms with van der Waals surface area (Å²) in [6, 6.07) is 4.65. The number of amides is 4. The van der Waals surface area contributed by atoms with Gasteiger partial charge in [0.15, 0.2) is 0 Å². The molecular weight excluding hydrogens is 372 g/mol. The van der Waals surface area contributed by atoms with Crippen LogP contribution < -0.4 is 16.0 Å². The average Bonchev–Trinajstić information content (AvgIpc) is 2.92. The molecule has 0 spiro atoms. The summed E-state index contributed by atoms with van der Waals surface area (Å²) in [5.74, 6) is -1.91. The van der Waals surface area contributed by atoms with Crippen LogP contribution in [0.1, 0.15) is 65.8 Å². The summed E-state index contributed by atoms with van der Waals surface area (Å²) in [6.07, 6.45) is 2.44. The van der Waals surface area contributed by atoms with E-state index >= 15 is 0 Å². The Morgan fingerprint density at radius 3 is 2.55 bits per heavy atom. The number of imide groups is 2. The number of nitrogens with zero attached hydrogens (tertiary/aromatic N) is 1. The Kier molecular flexibility index (Phi) is 5.00. The van der Waals surface area contributed by atoms with Crippen molar-refractivity contribution in [2.45, 2.75) is 63.7 Å². The zero-order chi connectivity index (χ0) is 20.8. The van der Waals surface area contributed by atoms with Gasteiger partial charge in [-0.05, 0) is 50.8 Å². The molecule has 2 fully saturated rings. The molecule has 3 heterocycles. The van der Waals surface area contributed by atoms with Gasteiger partial charge in [-0.15, -0.1) is 0 Å². The Hall–Kier alpha value is -2.58. The predicted molar refractivity (Wildman–Crippen MR) is 105 cm³/mol. The van der Waals surface area contributed by atoms with Crippen LogP contribution in [0.5, 0.6) is 0 Å². The maximum Gasteiger partial charge on any atom is 0.262 e. The number of carbonyl (C=O) groups excluding carboxylic acids is 4. The maximum absolute atomic E-state index is 12.9. The fourth-order valence-corrected chi connectivity index (χ4v) is 4.19. The number of nitrogens with one attached hydrogen (secondary N) is 3. The maximum atomic E-state index is 12.9. The molecule has 0 aromatic heterocycles. The predicted octanol–water partition coefficient (Wildman–Crippen LogP) is 0.708. The summed E-state index contributed by atoms with van der Waals surface area (Å²) in [7, 11) is 0. The minimum atomic E-state index is -0.932. The van der Waals surface area contributed by atoms with Crippen LogP contribution >= 0.6 is 0 Å². The number of fused-ring (bicyclic) bond motifs is 1. The van der Waals surface area contributed by atoms with Crippen LogP contribution in [0.2, 0.25) is 0 Å². The van der Waals surface area contributed by atoms with Crippen molar-refractivity contribution in [2.75, 3.05) is 6.54 Å². The molecule has 3 aliphatic heterocycles. The second kappa shape index (κ2) is 7.35. The molecule has 2 saturated heterocycles. The van der Waals surface area contributed by atoms with E-state index in [1.807, 2.05) is 6.07 Å². The van der Waals surface area contributed by atoms with Crippen molar-refractivity contribution in [3.63, 3.8) is 0 Å². The highest BCUT2D eigenvalue weighted by Gasteiger charge is 2.44. The minimum Gasteiger partial charge on any atom is -0.310 e. The van der Waals surface area contributed by atoms with Crippen molar-refractivity contribution in [3.05, 3.63) is 34.9 Å². The van der Waals surface area contributed by atoms with Gasteiger partial charge in [-0.25, -0.2) is 0 Å². The van der Waals surface area contributed by atoms with Crippen molar-refractivity contribution in [1.29, 1.82) is 0 Å². The number of carbonyl (C=O) groups is 4. The molecule has 2 atom stereocenters. The van der Waals surface area contributed by atoms with Crippen molar-refractivity contribution in [2.24, 2.45) is 0 Å². The Morgan fingerprint density at radius 1 is 1.10 bits per heavy atom. The fraction of sp³-hybridized carbons (Fsp3) is 0.524. The molecule has 4 amide bonds. The normalized spacial score (nSPS) is 26.5. The molecule has 3 N–H and O–H groups in total. The first-order valence-corrected chi connectivity index (χ1v) is 10.1. The van der Waals surface area contributed by atoms with E-state index in [9.17, 15) is 19.2 Å². The Bertz CT molecular complexity index is 885. The zero-order valence-electron chi connectivity index (χ0n) is 16.7. The minimum absolute atomic E-state index is 0.116. The molecule has 0 aliphatic carbocycles. The number of piperidine rings is 2. The smallest absolute Gasteiger partial charge is 0.262 e. The van der Waals surface area contributed by atoms with Gasteiger partial charge in [0.1, 0.15) is 6.04 Å². The van der Waals surface area contributed by atoms with Gasteiger partial charge in [0.05, 0.1) is 11.1 Å². The van der Waals surface area contributed by atoms with Gasteiger partial charge in [-0.1, -0.05) is 6.07 Å². The molecule has 0 saturated carbocycles. The van der Waals surface area contributed by atoms with E-state index in [4.69, 9.17) is 0 Å². The molecule has 8 nitrogen and oxygen atoms in total. The molecule has 0 radical (unpaired) electrons. The quantitative estimate of drug-likeness (QED) is 0.645. The topological polar surface area (TPSA) is 108 Å². The largest absolute Gasteiger partial charge is 0.310 e. The zero-order valence-corrected chi connectivity index (χ0v) is 16.7. The van der Waals surface area contributed by atoms with E-state index in [1.165, 1.54) is 0 Å². The Morgan fingerprint density at radius 2 is 1.86 bits per heavy atom. The van der Waals surface area contributed by atoms with Gasteiger partial charge in [0, 0.05) is 31.1 Å². The van der Waals surface area contributed by atoms with Gasteiger partial charge < -0.3 is 10.6 Å². The molecule has 8 heteroatoms. The van der Waals surface area contributed by atoms with Crippen LogP contribution in [-0.2, 0) is 16.1 Å². The second-order valence-corrected chi connectivity index (χ2v) is 8.71. The standard InChI is InChI=1S/C21H26N4O4/c1-21(2)8-7-13(11-23-21)22-10-12-3-4-14-15(9-12)20(29)25(19(14)28)16-5-6-17(26)24-18(16)27/h3-4,9,13,16,22-23H,5-8,10-11H2,1-2H3,(H,24,26,27). The summed E-state index contributed by atoms with van der Waals surface area (Å²) in [5.41, 5.74) is 1.71. The van der Waals surface area contributed by atoms with Gasteiger partial charge in [-0.3, -0.25) is 29.4 Å². The van der Waals surface area contributed by atoms with E-state index in [0.29, 0.717) is 23.7 Å². The van der Waals surface area contributed by atoms with Crippen molar-refractivity contribution in [1.82, 2.24) is 20.9 Å². The van der Waals surface area contributed by atoms with E-state index in [2.05, 4.69) is 29.8 Å². The van der Waals surface area contributed by atoms with Gasteiger partial charge in [-0.2, -0.15) is 0 Å². The lowest BCUT2D eigenvalue weighted by Gasteiger charge is -2.36. The first-order chi connectivity index (χ1) is 13.7. The van der Waals surface area contributed by atoms with Crippen molar-refractivity contribution in [3.8, 4) is 0 Å². The molecule has 1 aromatic carbocycles. The molecule has 3 aliphatic rings. The highest BCUT2D eigenvalue weighted by Crippen LogP contribution is 2.28. The highest BCUT2D eigenvalue weighted by molar-refractivity contribution is 6.23. The summed E-state index contributed by atoms with van der Waals surface area (Å²) >= 11 is 0. The number of benzene rings is 1. The third kappa shape index (κ3) is 3.82. The van der Waals surface area contributed by atoms with Crippen LogP contribution in [0.3, 0.4) is 0 Å². The summed E-state index contributed by atoms with van der Waals surface area (Å²) < 4.78 is 0. The average molecular weight is 398 g/mol. The van der Waals surface area contributed by atoms with Crippen LogP contribution in [0.15, 0.2) is 18.2 Å². The van der Waals surface area contributed by atoms with Gasteiger partial charge in [0.2, 0.25) is 11.8 Å². The first-order valence-electron chi connectivity index (χ1n) is 10.1. The first kappa shape index (κ1) is 19.7. The van der Waals surface area contributed by atoms with Gasteiger partial charge in [0.25, 0.3) is 11.8 Å². The molecule has 154 valence electrons. The second-order valence-electron chi connectivity index (χ2n) is 8.71. The SMILES string of the molecule is CC1(C)CCC(NCc2ccc3c(c2)C(=O)N(C2CCC(=O)NC2=O)C3=O)CN1. The van der Waals surface area contributed by atoms with E-state index in [-0.39, 0.29) is 24.3 Å². The summed E-state index contributed by atoms with van der Waals surface area (Å²) in [5, 5.41) is 9.23. The molecule has 29 heavy (non-hydrogen) atoms. The van der Waals surface area contributed by atoms with Gasteiger partial charge >= 0.3 is 0 Å². The molecule has 4 rings (SSSR count). The summed E-state index contributed by atoms with van der Waals surface area (Å²) in [6.45, 7) is 5.87. The lowest BCUT2D eigenvalue weighted by atomic mass is 9.90. The van der Waals surface area contributed by atoms with Crippen molar-refractivity contribution >= 4 is 23.6 Å². The van der Waals surface area contributed by atoms with Crippen LogP contribution in [-0.4, -0.2) is 52.7 Å². The fourth-order valence-electron chi connectivity index (χ4n) is 4.19. The van der Waals surface area contributed by atoms with Crippen LogP contribution in [0.4, 0.5) is 0 Å². The summed E-state index contributed by atoms with van der Waals surface area (Å²) in [4.78, 5) is 50.1. The third-order valence-electron chi connectivity index (χ3n) is 6.04. The Labute approximate surface area is 169 Å². The van der Waals surface area contributed by atoms with E-state index < -0.39 is 23.8 Å². The lowest BCUT2D eigenvalue weighted by molar-refractivity contribution is -0.136. The lowest BCUT2D eigenvalue weighted by Crippen LogP contribution is -2.54. The van der Waals surface area contributed by atoms with E-state index in [1.54, 1.807) is 12.1 Å². The molecular formula is C21H26N4O4. The number of rotatable bonds is 4. The molecule has 2 unspecified atom stereocenters. The highest BCUT2D eigenvalue weighted by atomic mass is 16.2. The van der Waals surface area contributed by atoms with Crippen LogP contribution in [0, 0.1) is 0 Å². The molecule has 1 aromatic rings. The monoisotopic (exact) mass is 398 g/mol. The Balaban J connectivity index is 1.44. The number of hydrogen-bond donors (Lipinski definition) is 3. The van der Waals surface area contributed by atoms with Crippen LogP contribution in [0.25, 0.3) is 0 Å². The molecule has 0 bridgehead atoms. The number of hydrogen-bond acceptors (Lipinski definition) is 6. The van der Waals surface area contributed by atoms with E-state index in [0.717, 1.165) is 29.8 Å². The van der Waals surface area contributed by atoms with Crippen molar-refractivity contribution < 1.29 is 19.2 Å².